The highest BCUT2D eigenvalue weighted by molar-refractivity contribution is 5.94. The maximum Gasteiger partial charge on any atom is 0.253 e. The van der Waals surface area contributed by atoms with Crippen molar-refractivity contribution in [3.63, 3.8) is 0 Å². The smallest absolute Gasteiger partial charge is 0.253 e. The first-order valence-corrected chi connectivity index (χ1v) is 12.3. The second-order valence-electron chi connectivity index (χ2n) is 9.96. The van der Waals surface area contributed by atoms with Crippen molar-refractivity contribution in [2.24, 2.45) is 11.8 Å². The van der Waals surface area contributed by atoms with E-state index >= 15 is 0 Å². The van der Waals surface area contributed by atoms with Gasteiger partial charge in [-0.2, -0.15) is 0 Å². The molecule has 2 amide bonds. The third kappa shape index (κ3) is 4.71. The molecule has 34 heavy (non-hydrogen) atoms. The van der Waals surface area contributed by atoms with Gasteiger partial charge in [-0.25, -0.2) is 4.98 Å². The standard InChI is InChI=1S/C27H33N5O2/c1-20-15-21(2)17-31(16-20)26(33)18-29-11-13-30(14-12-29)27(34)22-7-9-23(10-8-22)32-19-28-24-5-3-4-6-25(24)32/h3-10,19-21H,11-18H2,1-2H3. The molecule has 0 N–H and O–H groups in total. The summed E-state index contributed by atoms with van der Waals surface area (Å²) < 4.78 is 2.03. The lowest BCUT2D eigenvalue weighted by atomic mass is 9.92. The van der Waals surface area contributed by atoms with Gasteiger partial charge in [0.15, 0.2) is 0 Å². The molecular formula is C27H33N5O2. The van der Waals surface area contributed by atoms with Crippen LogP contribution in [0.1, 0.15) is 30.6 Å². The number of nitrogens with zero attached hydrogens (tertiary/aromatic N) is 5. The number of likely N-dealkylation sites (tertiary alicyclic amines) is 1. The first kappa shape index (κ1) is 22.6. The molecule has 178 valence electrons. The molecule has 2 atom stereocenters. The Morgan fingerprint density at radius 1 is 0.882 bits per heavy atom. The number of carbonyl (C=O) groups is 2. The fraction of sp³-hybridized carbons (Fsp3) is 0.444. The summed E-state index contributed by atoms with van der Waals surface area (Å²) >= 11 is 0. The molecule has 2 aromatic carbocycles. The molecule has 7 heteroatoms. The van der Waals surface area contributed by atoms with Crippen LogP contribution in [0, 0.1) is 11.8 Å². The number of rotatable bonds is 4. The van der Waals surface area contributed by atoms with Crippen molar-refractivity contribution in [1.82, 2.24) is 24.3 Å². The average molecular weight is 460 g/mol. The molecule has 0 saturated carbocycles. The van der Waals surface area contributed by atoms with E-state index < -0.39 is 0 Å². The number of hydrogen-bond donors (Lipinski definition) is 0. The van der Waals surface area contributed by atoms with Gasteiger partial charge in [-0.3, -0.25) is 19.1 Å². The zero-order chi connectivity index (χ0) is 23.7. The number of benzene rings is 2. The summed E-state index contributed by atoms with van der Waals surface area (Å²) in [5, 5.41) is 0. The van der Waals surface area contributed by atoms with Crippen molar-refractivity contribution in [2.45, 2.75) is 20.3 Å². The molecule has 2 fully saturated rings. The van der Waals surface area contributed by atoms with Crippen LogP contribution in [0.4, 0.5) is 0 Å². The van der Waals surface area contributed by atoms with Gasteiger partial charge in [0.2, 0.25) is 5.91 Å². The van der Waals surface area contributed by atoms with Crippen LogP contribution in [0.15, 0.2) is 54.9 Å². The SMILES string of the molecule is CC1CC(C)CN(C(=O)CN2CCN(C(=O)c3ccc(-n4cnc5ccccc54)cc3)CC2)C1. The summed E-state index contributed by atoms with van der Waals surface area (Å²) in [6, 6.07) is 15.7. The Balaban J connectivity index is 1.16. The molecule has 2 aliphatic heterocycles. The van der Waals surface area contributed by atoms with E-state index in [4.69, 9.17) is 0 Å². The fourth-order valence-electron chi connectivity index (χ4n) is 5.38. The second kappa shape index (κ2) is 9.58. The van der Waals surface area contributed by atoms with Gasteiger partial charge >= 0.3 is 0 Å². The van der Waals surface area contributed by atoms with Crippen LogP contribution in [0.5, 0.6) is 0 Å². The summed E-state index contributed by atoms with van der Waals surface area (Å²) in [5.41, 5.74) is 3.66. The Hall–Kier alpha value is -3.19. The molecule has 0 spiro atoms. The van der Waals surface area contributed by atoms with Crippen LogP contribution < -0.4 is 0 Å². The number of amides is 2. The lowest BCUT2D eigenvalue weighted by molar-refractivity contribution is -0.135. The van der Waals surface area contributed by atoms with Crippen LogP contribution in [0.25, 0.3) is 16.7 Å². The van der Waals surface area contributed by atoms with E-state index in [0.29, 0.717) is 37.0 Å². The van der Waals surface area contributed by atoms with Gasteiger partial charge in [-0.1, -0.05) is 26.0 Å². The predicted octanol–water partition coefficient (Wildman–Crippen LogP) is 3.29. The Labute approximate surface area is 201 Å². The van der Waals surface area contributed by atoms with Crippen molar-refractivity contribution in [3.05, 3.63) is 60.4 Å². The highest BCUT2D eigenvalue weighted by atomic mass is 16.2. The highest BCUT2D eigenvalue weighted by Crippen LogP contribution is 2.22. The van der Waals surface area contributed by atoms with Crippen LogP contribution in [-0.4, -0.2) is 81.9 Å². The van der Waals surface area contributed by atoms with Crippen molar-refractivity contribution in [2.75, 3.05) is 45.8 Å². The van der Waals surface area contributed by atoms with E-state index in [-0.39, 0.29) is 11.8 Å². The van der Waals surface area contributed by atoms with E-state index in [1.54, 1.807) is 0 Å². The van der Waals surface area contributed by atoms with Gasteiger partial charge in [0.25, 0.3) is 5.91 Å². The van der Waals surface area contributed by atoms with Crippen LogP contribution in [-0.2, 0) is 4.79 Å². The summed E-state index contributed by atoms with van der Waals surface area (Å²) in [6.07, 6.45) is 3.01. The van der Waals surface area contributed by atoms with Crippen molar-refractivity contribution in [1.29, 1.82) is 0 Å². The highest BCUT2D eigenvalue weighted by Gasteiger charge is 2.28. The number of fused-ring (bicyclic) bond motifs is 1. The molecule has 2 aliphatic rings. The Bertz CT molecular complexity index is 1150. The minimum Gasteiger partial charge on any atom is -0.341 e. The monoisotopic (exact) mass is 459 g/mol. The van der Waals surface area contributed by atoms with E-state index in [9.17, 15) is 9.59 Å². The number of aromatic nitrogens is 2. The van der Waals surface area contributed by atoms with Crippen LogP contribution in [0.2, 0.25) is 0 Å². The number of piperazine rings is 1. The van der Waals surface area contributed by atoms with Crippen LogP contribution >= 0.6 is 0 Å². The fourth-order valence-corrected chi connectivity index (χ4v) is 5.38. The van der Waals surface area contributed by atoms with E-state index in [2.05, 4.69) is 23.7 Å². The quantitative estimate of drug-likeness (QED) is 0.601. The van der Waals surface area contributed by atoms with E-state index in [1.807, 2.05) is 69.2 Å². The molecular weight excluding hydrogens is 426 g/mol. The van der Waals surface area contributed by atoms with Crippen molar-refractivity contribution < 1.29 is 9.59 Å². The van der Waals surface area contributed by atoms with E-state index in [0.717, 1.165) is 42.9 Å². The molecule has 3 heterocycles. The summed E-state index contributed by atoms with van der Waals surface area (Å²) in [5.74, 6) is 1.41. The number of piperidine rings is 1. The first-order valence-electron chi connectivity index (χ1n) is 12.3. The van der Waals surface area contributed by atoms with Crippen molar-refractivity contribution in [3.8, 4) is 5.69 Å². The summed E-state index contributed by atoms with van der Waals surface area (Å²) in [7, 11) is 0. The second-order valence-corrected chi connectivity index (χ2v) is 9.96. The van der Waals surface area contributed by atoms with Gasteiger partial charge in [-0.05, 0) is 54.7 Å². The molecule has 0 radical (unpaired) electrons. The molecule has 1 aromatic heterocycles. The molecule has 0 bridgehead atoms. The van der Waals surface area contributed by atoms with Gasteiger partial charge in [0, 0.05) is 50.5 Å². The third-order valence-electron chi connectivity index (χ3n) is 7.09. The van der Waals surface area contributed by atoms with Crippen molar-refractivity contribution >= 4 is 22.8 Å². The van der Waals surface area contributed by atoms with Gasteiger partial charge < -0.3 is 9.80 Å². The topological polar surface area (TPSA) is 61.7 Å². The molecule has 3 aromatic rings. The minimum absolute atomic E-state index is 0.0479. The normalized spacial score (nSPS) is 21.7. The van der Waals surface area contributed by atoms with Gasteiger partial charge in [-0.15, -0.1) is 0 Å². The number of imidazole rings is 1. The molecule has 2 unspecified atom stereocenters. The average Bonchev–Trinajstić information content (AvgIpc) is 3.28. The Kier molecular flexibility index (Phi) is 6.37. The van der Waals surface area contributed by atoms with Gasteiger partial charge in [0.1, 0.15) is 6.33 Å². The molecule has 5 rings (SSSR count). The van der Waals surface area contributed by atoms with Gasteiger partial charge in [0.05, 0.1) is 17.6 Å². The zero-order valence-electron chi connectivity index (χ0n) is 20.1. The first-order chi connectivity index (χ1) is 16.5. The van der Waals surface area contributed by atoms with E-state index in [1.165, 1.54) is 6.42 Å². The predicted molar refractivity (Wildman–Crippen MR) is 133 cm³/mol. The molecule has 2 saturated heterocycles. The number of hydrogen-bond acceptors (Lipinski definition) is 4. The largest absolute Gasteiger partial charge is 0.341 e. The lowest BCUT2D eigenvalue weighted by Gasteiger charge is -2.38. The lowest BCUT2D eigenvalue weighted by Crippen LogP contribution is -2.53. The third-order valence-corrected chi connectivity index (χ3v) is 7.09. The maximum absolute atomic E-state index is 13.1. The summed E-state index contributed by atoms with van der Waals surface area (Å²) in [4.78, 5) is 36.4. The Morgan fingerprint density at radius 3 is 2.26 bits per heavy atom. The number of carbonyl (C=O) groups excluding carboxylic acids is 2. The number of para-hydroxylation sites is 2. The minimum atomic E-state index is 0.0479. The van der Waals surface area contributed by atoms with Crippen LogP contribution in [0.3, 0.4) is 0 Å². The Morgan fingerprint density at radius 2 is 1.56 bits per heavy atom. The zero-order valence-corrected chi connectivity index (χ0v) is 20.1. The molecule has 0 aliphatic carbocycles. The molecule has 7 nitrogen and oxygen atoms in total. The maximum atomic E-state index is 13.1. The summed E-state index contributed by atoms with van der Waals surface area (Å²) in [6.45, 7) is 9.40.